The quantitative estimate of drug-likeness (QED) is 0.0669. The number of rotatable bonds is 27. The van der Waals surface area contributed by atoms with Crippen molar-refractivity contribution >= 4 is 5.97 Å². The summed E-state index contributed by atoms with van der Waals surface area (Å²) in [5.74, 6) is -0.561. The average molecular weight is 670 g/mol. The predicted molar refractivity (Wildman–Crippen MR) is 191 cm³/mol. The Balaban J connectivity index is 0.000000745. The van der Waals surface area contributed by atoms with Gasteiger partial charge in [0.05, 0.1) is 31.8 Å². The van der Waals surface area contributed by atoms with Gasteiger partial charge in [-0.3, -0.25) is 14.7 Å². The third-order valence-corrected chi connectivity index (χ3v) is 11.4. The second-order valence-electron chi connectivity index (χ2n) is 15.0. The van der Waals surface area contributed by atoms with Gasteiger partial charge < -0.3 is 25.5 Å². The SMILES string of the molecule is CCCCC1C(CCCC)N1CC(C(=O)O)(N1C(CCCC)C1CCCC)N1C(CCCC)C1CCCC.OCC(CO)(CO)CO. The molecule has 6 unspecified atom stereocenters. The second kappa shape index (κ2) is 21.4. The molecule has 0 radical (unpaired) electrons. The van der Waals surface area contributed by atoms with Crippen molar-refractivity contribution in [3.8, 4) is 0 Å². The second-order valence-corrected chi connectivity index (χ2v) is 15.0. The molecule has 5 N–H and O–H groups in total. The Morgan fingerprint density at radius 1 is 0.489 bits per heavy atom. The van der Waals surface area contributed by atoms with Crippen LogP contribution in [0.5, 0.6) is 0 Å². The van der Waals surface area contributed by atoms with E-state index in [1.807, 2.05) is 0 Å². The first-order valence-electron chi connectivity index (χ1n) is 19.7. The van der Waals surface area contributed by atoms with Crippen molar-refractivity contribution < 1.29 is 30.3 Å². The van der Waals surface area contributed by atoms with Gasteiger partial charge in [-0.1, -0.05) is 119 Å². The third-order valence-electron chi connectivity index (χ3n) is 11.4. The van der Waals surface area contributed by atoms with Gasteiger partial charge in [0.15, 0.2) is 5.66 Å². The van der Waals surface area contributed by atoms with Crippen LogP contribution in [0.3, 0.4) is 0 Å². The molecule has 0 saturated carbocycles. The summed E-state index contributed by atoms with van der Waals surface area (Å²) >= 11 is 0. The Labute approximate surface area is 288 Å². The summed E-state index contributed by atoms with van der Waals surface area (Å²) in [6.07, 6.45) is 21.7. The summed E-state index contributed by atoms with van der Waals surface area (Å²) < 4.78 is 0. The minimum Gasteiger partial charge on any atom is -0.479 e. The van der Waals surface area contributed by atoms with Crippen molar-refractivity contribution in [3.05, 3.63) is 0 Å². The Morgan fingerprint density at radius 2 is 0.745 bits per heavy atom. The molecule has 0 spiro atoms. The van der Waals surface area contributed by atoms with Crippen LogP contribution in [0, 0.1) is 5.41 Å². The number of hydrogen-bond donors (Lipinski definition) is 5. The van der Waals surface area contributed by atoms with Crippen molar-refractivity contribution in [2.24, 2.45) is 5.41 Å². The number of hydrogen-bond acceptors (Lipinski definition) is 8. The summed E-state index contributed by atoms with van der Waals surface area (Å²) in [4.78, 5) is 21.5. The lowest BCUT2D eigenvalue weighted by atomic mass is 9.93. The number of aliphatic carboxylic acids is 1. The summed E-state index contributed by atoms with van der Waals surface area (Å²) in [6.45, 7) is 12.8. The van der Waals surface area contributed by atoms with Crippen molar-refractivity contribution in [3.63, 3.8) is 0 Å². The zero-order valence-corrected chi connectivity index (χ0v) is 31.2. The topological polar surface area (TPSA) is 127 Å². The van der Waals surface area contributed by atoms with Crippen LogP contribution < -0.4 is 0 Å². The molecule has 278 valence electrons. The first kappa shape index (κ1) is 42.4. The summed E-state index contributed by atoms with van der Waals surface area (Å²) in [7, 11) is 0. The molecule has 9 heteroatoms. The van der Waals surface area contributed by atoms with E-state index < -0.39 is 43.5 Å². The van der Waals surface area contributed by atoms with Gasteiger partial charge in [-0.05, 0) is 38.5 Å². The molecule has 0 aliphatic carbocycles. The number of carboxylic acid groups (broad SMARTS) is 1. The van der Waals surface area contributed by atoms with E-state index in [2.05, 4.69) is 56.2 Å². The van der Waals surface area contributed by atoms with E-state index in [1.54, 1.807) is 0 Å². The van der Waals surface area contributed by atoms with Crippen LogP contribution in [0.2, 0.25) is 0 Å². The van der Waals surface area contributed by atoms with Crippen LogP contribution in [-0.4, -0.2) is 121 Å². The van der Waals surface area contributed by atoms with Crippen molar-refractivity contribution in [1.29, 1.82) is 0 Å². The standard InChI is InChI=1S/C33H63N3O2.C5H12O4/c1-7-13-19-26-27(20-14-8-2)34(26)25-33(32(37)38,35-28(21-15-9-3)29(35)22-16-10-4)36-30(23-17-11-5)31(36)24-18-12-6;6-1-5(2-7,3-8)4-9/h26-31H,7-25H2,1-6H3,(H,37,38);6-9H,1-4H2. The first-order chi connectivity index (χ1) is 22.7. The lowest BCUT2D eigenvalue weighted by Crippen LogP contribution is -2.60. The molecule has 0 amide bonds. The highest BCUT2D eigenvalue weighted by Gasteiger charge is 2.72. The Bertz CT molecular complexity index is 766. The van der Waals surface area contributed by atoms with Gasteiger partial charge in [0.25, 0.3) is 0 Å². The van der Waals surface area contributed by atoms with Gasteiger partial charge in [0.1, 0.15) is 0 Å². The number of unbranched alkanes of at least 4 members (excludes halogenated alkanes) is 6. The third kappa shape index (κ3) is 10.8. The smallest absolute Gasteiger partial charge is 0.340 e. The molecular formula is C38H75N3O6. The highest BCUT2D eigenvalue weighted by molar-refractivity contribution is 5.80. The highest BCUT2D eigenvalue weighted by Crippen LogP contribution is 2.54. The molecule has 6 atom stereocenters. The van der Waals surface area contributed by atoms with Crippen LogP contribution in [0.1, 0.15) is 157 Å². The van der Waals surface area contributed by atoms with E-state index >= 15 is 0 Å². The molecule has 47 heavy (non-hydrogen) atoms. The van der Waals surface area contributed by atoms with Crippen LogP contribution in [0.15, 0.2) is 0 Å². The predicted octanol–water partition coefficient (Wildman–Crippen LogP) is 6.01. The molecule has 0 aromatic carbocycles. The zero-order valence-electron chi connectivity index (χ0n) is 31.2. The molecule has 0 aromatic heterocycles. The Kier molecular flexibility index (Phi) is 19.3. The minimum atomic E-state index is -1.11. The van der Waals surface area contributed by atoms with E-state index in [0.29, 0.717) is 42.8 Å². The maximum atomic E-state index is 13.8. The molecule has 0 bridgehead atoms. The molecule has 3 heterocycles. The van der Waals surface area contributed by atoms with Crippen molar-refractivity contribution in [1.82, 2.24) is 14.7 Å². The van der Waals surface area contributed by atoms with Gasteiger partial charge in [-0.2, -0.15) is 0 Å². The normalized spacial score (nSPS) is 30.7. The highest BCUT2D eigenvalue weighted by atomic mass is 16.4. The summed E-state index contributed by atoms with van der Waals surface area (Å²) in [6, 6.07) is 2.96. The van der Waals surface area contributed by atoms with E-state index in [4.69, 9.17) is 20.4 Å². The van der Waals surface area contributed by atoms with Gasteiger partial charge >= 0.3 is 5.97 Å². The lowest BCUT2D eigenvalue weighted by Gasteiger charge is -2.36. The zero-order chi connectivity index (χ0) is 35.0. The number of carbonyl (C=O) groups is 1. The van der Waals surface area contributed by atoms with Crippen LogP contribution in [0.4, 0.5) is 0 Å². The number of carboxylic acids is 1. The average Bonchev–Trinajstić information content (AvgIpc) is 4.04. The van der Waals surface area contributed by atoms with E-state index in [0.717, 1.165) is 25.7 Å². The fourth-order valence-electron chi connectivity index (χ4n) is 8.06. The molecule has 3 fully saturated rings. The van der Waals surface area contributed by atoms with Crippen molar-refractivity contribution in [2.45, 2.75) is 199 Å². The van der Waals surface area contributed by atoms with Gasteiger partial charge in [-0.25, -0.2) is 4.79 Å². The number of nitrogens with zero attached hydrogens (tertiary/aromatic N) is 3. The van der Waals surface area contributed by atoms with Gasteiger partial charge in [0.2, 0.25) is 0 Å². The number of aliphatic hydroxyl groups excluding tert-OH is 4. The van der Waals surface area contributed by atoms with E-state index in [1.165, 1.54) is 89.9 Å². The van der Waals surface area contributed by atoms with Gasteiger partial charge in [0, 0.05) is 42.8 Å². The largest absolute Gasteiger partial charge is 0.479 e. The number of aliphatic hydroxyl groups is 4. The molecule has 0 aromatic rings. The van der Waals surface area contributed by atoms with E-state index in [-0.39, 0.29) is 0 Å². The maximum absolute atomic E-state index is 13.8. The minimum absolute atomic E-state index is 0.406. The lowest BCUT2D eigenvalue weighted by molar-refractivity contribution is -0.157. The van der Waals surface area contributed by atoms with Crippen LogP contribution >= 0.6 is 0 Å². The molecule has 3 aliphatic rings. The van der Waals surface area contributed by atoms with Crippen LogP contribution in [-0.2, 0) is 4.79 Å². The molecule has 3 rings (SSSR count). The fraction of sp³-hybridized carbons (Fsp3) is 0.974. The first-order valence-corrected chi connectivity index (χ1v) is 19.7. The van der Waals surface area contributed by atoms with Crippen LogP contribution in [0.25, 0.3) is 0 Å². The Morgan fingerprint density at radius 3 is 0.936 bits per heavy atom. The maximum Gasteiger partial charge on any atom is 0.340 e. The molecule has 3 saturated heterocycles. The molecule has 9 nitrogen and oxygen atoms in total. The van der Waals surface area contributed by atoms with Crippen molar-refractivity contribution in [2.75, 3.05) is 33.0 Å². The fourth-order valence-corrected chi connectivity index (χ4v) is 8.06. The molecule has 3 aliphatic heterocycles. The summed E-state index contributed by atoms with van der Waals surface area (Å²) in [5.41, 5.74) is -1.96. The molecular weight excluding hydrogens is 594 g/mol. The van der Waals surface area contributed by atoms with E-state index in [9.17, 15) is 9.90 Å². The monoisotopic (exact) mass is 670 g/mol. The van der Waals surface area contributed by atoms with Gasteiger partial charge in [-0.15, -0.1) is 0 Å². The summed E-state index contributed by atoms with van der Waals surface area (Å²) in [5, 5.41) is 45.3. The Hall–Kier alpha value is -0.810.